The number of urea groups is 1. The molecule has 0 bridgehead atoms. The number of nitrogens with one attached hydrogen (secondary N) is 1. The molecule has 0 spiro atoms. The lowest BCUT2D eigenvalue weighted by atomic mass is 10.1. The number of hydrogen-bond acceptors (Lipinski definition) is 5. The Morgan fingerprint density at radius 1 is 1.00 bits per heavy atom. The molecule has 2 aromatic rings. The smallest absolute Gasteiger partial charge is 0.322 e. The van der Waals surface area contributed by atoms with E-state index in [-0.39, 0.29) is 30.2 Å². The van der Waals surface area contributed by atoms with Crippen molar-refractivity contribution in [2.24, 2.45) is 0 Å². The maximum atomic E-state index is 14.4. The van der Waals surface area contributed by atoms with Crippen LogP contribution in [0.5, 0.6) is 0 Å². The van der Waals surface area contributed by atoms with Crippen molar-refractivity contribution in [3.05, 3.63) is 66.0 Å². The summed E-state index contributed by atoms with van der Waals surface area (Å²) >= 11 is 0. The highest BCUT2D eigenvalue weighted by molar-refractivity contribution is 5.94. The molecule has 2 aliphatic heterocycles. The van der Waals surface area contributed by atoms with Crippen LogP contribution >= 0.6 is 0 Å². The van der Waals surface area contributed by atoms with E-state index in [1.807, 2.05) is 30.3 Å². The van der Waals surface area contributed by atoms with Crippen LogP contribution in [-0.2, 0) is 9.47 Å². The Morgan fingerprint density at radius 2 is 1.74 bits per heavy atom. The molecule has 34 heavy (non-hydrogen) atoms. The molecule has 1 unspecified atom stereocenters. The standard InChI is InChI=1S/C25H31FN4O4/c26-23-9-5-4-8-22(23)24(31)29(11-10-28-12-15-33-16-13-28)18-21-19-30(14-17-34-21)25(32)27-20-6-2-1-3-7-20/h1-9,21H,10-19H2,(H,27,32). The molecule has 2 heterocycles. The van der Waals surface area contributed by atoms with Crippen molar-refractivity contribution in [1.29, 1.82) is 0 Å². The van der Waals surface area contributed by atoms with Gasteiger partial charge in [0.2, 0.25) is 0 Å². The Morgan fingerprint density at radius 3 is 2.50 bits per heavy atom. The van der Waals surface area contributed by atoms with Crippen LogP contribution in [0.1, 0.15) is 10.4 Å². The molecule has 8 nitrogen and oxygen atoms in total. The Hall–Kier alpha value is -3.01. The summed E-state index contributed by atoms with van der Waals surface area (Å²) in [6.07, 6.45) is -0.365. The number of rotatable bonds is 7. The normalized spacial score (nSPS) is 19.0. The highest BCUT2D eigenvalue weighted by Crippen LogP contribution is 2.15. The van der Waals surface area contributed by atoms with Gasteiger partial charge in [0.25, 0.3) is 5.91 Å². The molecule has 3 amide bonds. The molecule has 2 aromatic carbocycles. The van der Waals surface area contributed by atoms with Gasteiger partial charge in [0.1, 0.15) is 5.82 Å². The van der Waals surface area contributed by atoms with E-state index in [1.165, 1.54) is 12.1 Å². The van der Waals surface area contributed by atoms with Crippen LogP contribution in [0.25, 0.3) is 0 Å². The fourth-order valence-electron chi connectivity index (χ4n) is 4.15. The minimum atomic E-state index is -0.544. The van der Waals surface area contributed by atoms with Gasteiger partial charge >= 0.3 is 6.03 Å². The molecule has 0 aromatic heterocycles. The Balaban J connectivity index is 1.41. The Bertz CT molecular complexity index is 955. The minimum absolute atomic E-state index is 0.0407. The molecule has 1 atom stereocenters. The highest BCUT2D eigenvalue weighted by Gasteiger charge is 2.29. The van der Waals surface area contributed by atoms with Gasteiger partial charge in [-0.25, -0.2) is 9.18 Å². The van der Waals surface area contributed by atoms with Crippen molar-refractivity contribution >= 4 is 17.6 Å². The number of anilines is 1. The average molecular weight is 471 g/mol. The van der Waals surface area contributed by atoms with Crippen molar-refractivity contribution in [2.45, 2.75) is 6.10 Å². The molecule has 4 rings (SSSR count). The van der Waals surface area contributed by atoms with Crippen molar-refractivity contribution in [2.75, 3.05) is 71.0 Å². The number of ether oxygens (including phenoxy) is 2. The van der Waals surface area contributed by atoms with E-state index < -0.39 is 5.82 Å². The van der Waals surface area contributed by atoms with E-state index in [1.54, 1.807) is 21.9 Å². The van der Waals surface area contributed by atoms with Gasteiger partial charge in [-0.3, -0.25) is 9.69 Å². The van der Waals surface area contributed by atoms with E-state index in [9.17, 15) is 14.0 Å². The zero-order chi connectivity index (χ0) is 23.8. The third-order valence-electron chi connectivity index (χ3n) is 6.06. The quantitative estimate of drug-likeness (QED) is 0.673. The molecular formula is C25H31FN4O4. The largest absolute Gasteiger partial charge is 0.379 e. The van der Waals surface area contributed by atoms with E-state index in [2.05, 4.69) is 10.2 Å². The molecule has 0 aliphatic carbocycles. The van der Waals surface area contributed by atoms with Crippen LogP contribution in [0, 0.1) is 5.82 Å². The van der Waals surface area contributed by atoms with Gasteiger partial charge < -0.3 is 24.6 Å². The summed E-state index contributed by atoms with van der Waals surface area (Å²) in [5.74, 6) is -0.918. The summed E-state index contributed by atoms with van der Waals surface area (Å²) in [5.41, 5.74) is 0.761. The maximum Gasteiger partial charge on any atom is 0.322 e. The van der Waals surface area contributed by atoms with Crippen LogP contribution in [0.4, 0.5) is 14.9 Å². The molecule has 2 fully saturated rings. The predicted octanol–water partition coefficient (Wildman–Crippen LogP) is 2.53. The number of nitrogens with zero attached hydrogens (tertiary/aromatic N) is 3. The summed E-state index contributed by atoms with van der Waals surface area (Å²) in [5, 5.41) is 2.89. The number of benzene rings is 2. The van der Waals surface area contributed by atoms with Crippen LogP contribution in [-0.4, -0.2) is 98.4 Å². The Labute approximate surface area is 199 Å². The van der Waals surface area contributed by atoms with Gasteiger partial charge in [0.05, 0.1) is 38.0 Å². The van der Waals surface area contributed by atoms with Crippen molar-refractivity contribution in [3.8, 4) is 0 Å². The zero-order valence-corrected chi connectivity index (χ0v) is 19.2. The van der Waals surface area contributed by atoms with Crippen LogP contribution in [0.3, 0.4) is 0 Å². The molecule has 9 heteroatoms. The van der Waals surface area contributed by atoms with Gasteiger partial charge in [0, 0.05) is 45.0 Å². The summed E-state index contributed by atoms with van der Waals surface area (Å²) in [6.45, 7) is 5.48. The summed E-state index contributed by atoms with van der Waals surface area (Å²) in [4.78, 5) is 31.6. The third-order valence-corrected chi connectivity index (χ3v) is 6.06. The van der Waals surface area contributed by atoms with Crippen molar-refractivity contribution in [3.63, 3.8) is 0 Å². The first-order chi connectivity index (χ1) is 16.6. The van der Waals surface area contributed by atoms with Gasteiger partial charge in [-0.1, -0.05) is 30.3 Å². The van der Waals surface area contributed by atoms with Gasteiger partial charge in [-0.2, -0.15) is 0 Å². The lowest BCUT2D eigenvalue weighted by molar-refractivity contribution is -0.0282. The molecule has 0 radical (unpaired) electrons. The first-order valence-electron chi connectivity index (χ1n) is 11.7. The van der Waals surface area contributed by atoms with Crippen molar-refractivity contribution < 1.29 is 23.5 Å². The lowest BCUT2D eigenvalue weighted by Crippen LogP contribution is -2.52. The summed E-state index contributed by atoms with van der Waals surface area (Å²) in [7, 11) is 0. The molecule has 0 saturated carbocycles. The number of para-hydroxylation sites is 1. The van der Waals surface area contributed by atoms with E-state index in [0.29, 0.717) is 46.0 Å². The van der Waals surface area contributed by atoms with Crippen LogP contribution in [0.15, 0.2) is 54.6 Å². The number of halogens is 1. The number of morpholine rings is 2. The zero-order valence-electron chi connectivity index (χ0n) is 19.2. The Kier molecular flexibility index (Phi) is 8.46. The molecule has 1 N–H and O–H groups in total. The first kappa shape index (κ1) is 24.1. The van der Waals surface area contributed by atoms with Crippen LogP contribution in [0.2, 0.25) is 0 Å². The number of amides is 3. The van der Waals surface area contributed by atoms with E-state index >= 15 is 0 Å². The monoisotopic (exact) mass is 470 g/mol. The average Bonchev–Trinajstić information content (AvgIpc) is 2.88. The maximum absolute atomic E-state index is 14.4. The second-order valence-corrected chi connectivity index (χ2v) is 8.42. The third kappa shape index (κ3) is 6.53. The molecular weight excluding hydrogens is 439 g/mol. The minimum Gasteiger partial charge on any atom is -0.379 e. The predicted molar refractivity (Wildman–Crippen MR) is 126 cm³/mol. The molecule has 2 aliphatic rings. The fourth-order valence-corrected chi connectivity index (χ4v) is 4.15. The van der Waals surface area contributed by atoms with E-state index in [4.69, 9.17) is 9.47 Å². The topological polar surface area (TPSA) is 74.4 Å². The van der Waals surface area contributed by atoms with Gasteiger partial charge in [-0.05, 0) is 24.3 Å². The van der Waals surface area contributed by atoms with Gasteiger partial charge in [0.15, 0.2) is 0 Å². The second-order valence-electron chi connectivity index (χ2n) is 8.42. The summed E-state index contributed by atoms with van der Waals surface area (Å²) in [6, 6.07) is 15.1. The SMILES string of the molecule is O=C(Nc1ccccc1)N1CCOC(CN(CCN2CCOCC2)C(=O)c2ccccc2F)C1. The number of carbonyl (C=O) groups is 2. The summed E-state index contributed by atoms with van der Waals surface area (Å²) < 4.78 is 25.7. The first-order valence-corrected chi connectivity index (χ1v) is 11.7. The number of carbonyl (C=O) groups excluding carboxylic acids is 2. The molecule has 2 saturated heterocycles. The fraction of sp³-hybridized carbons (Fsp3) is 0.440. The van der Waals surface area contributed by atoms with Crippen LogP contribution < -0.4 is 5.32 Å². The lowest BCUT2D eigenvalue weighted by Gasteiger charge is -2.36. The van der Waals surface area contributed by atoms with Crippen molar-refractivity contribution in [1.82, 2.24) is 14.7 Å². The number of hydrogen-bond donors (Lipinski definition) is 1. The molecule has 182 valence electrons. The highest BCUT2D eigenvalue weighted by atomic mass is 19.1. The van der Waals surface area contributed by atoms with E-state index in [0.717, 1.165) is 18.8 Å². The second kappa shape index (κ2) is 11.9. The van der Waals surface area contributed by atoms with Gasteiger partial charge in [-0.15, -0.1) is 0 Å².